The summed E-state index contributed by atoms with van der Waals surface area (Å²) in [4.78, 5) is 5.91. The lowest BCUT2D eigenvalue weighted by atomic mass is 9.93. The molecule has 3 N–H and O–H groups in total. The summed E-state index contributed by atoms with van der Waals surface area (Å²) in [6, 6.07) is 8.31. The van der Waals surface area contributed by atoms with Crippen molar-refractivity contribution >= 4 is 23.0 Å². The Kier molecular flexibility index (Phi) is 4.41. The predicted octanol–water partition coefficient (Wildman–Crippen LogP) is 3.58. The van der Waals surface area contributed by atoms with E-state index in [2.05, 4.69) is 54.7 Å². The highest BCUT2D eigenvalue weighted by Gasteiger charge is 2.33. The van der Waals surface area contributed by atoms with Crippen molar-refractivity contribution in [3.05, 3.63) is 51.2 Å². The van der Waals surface area contributed by atoms with E-state index in [1.807, 2.05) is 6.07 Å². The van der Waals surface area contributed by atoms with Crippen molar-refractivity contribution < 1.29 is 4.74 Å². The van der Waals surface area contributed by atoms with Crippen molar-refractivity contribution in [1.29, 1.82) is 0 Å². The van der Waals surface area contributed by atoms with Gasteiger partial charge in [-0.15, -0.1) is 11.3 Å². The number of nitrogens with two attached hydrogens (primary N) is 1. The van der Waals surface area contributed by atoms with Crippen molar-refractivity contribution in [2.24, 2.45) is 10.7 Å². The maximum atomic E-state index is 6.05. The number of rotatable bonds is 3. The van der Waals surface area contributed by atoms with Gasteiger partial charge in [0.1, 0.15) is 5.60 Å². The van der Waals surface area contributed by atoms with Gasteiger partial charge in [0.25, 0.3) is 0 Å². The largest absolute Gasteiger partial charge is 0.370 e. The van der Waals surface area contributed by atoms with E-state index in [1.54, 1.807) is 11.3 Å². The van der Waals surface area contributed by atoms with Crippen molar-refractivity contribution in [1.82, 2.24) is 0 Å². The summed E-state index contributed by atoms with van der Waals surface area (Å²) in [6.07, 6.45) is 0.989. The zero-order valence-corrected chi connectivity index (χ0v) is 14.7. The molecule has 0 aliphatic carbocycles. The maximum Gasteiger partial charge on any atom is 0.193 e. The van der Waals surface area contributed by atoms with Gasteiger partial charge in [-0.2, -0.15) is 0 Å². The van der Waals surface area contributed by atoms with Crippen LogP contribution in [0, 0.1) is 13.8 Å². The molecule has 1 aromatic heterocycles. The molecule has 4 nitrogen and oxygen atoms in total. The highest BCUT2D eigenvalue weighted by molar-refractivity contribution is 7.10. The van der Waals surface area contributed by atoms with Gasteiger partial charge in [-0.3, -0.25) is 0 Å². The van der Waals surface area contributed by atoms with Crippen LogP contribution in [-0.2, 0) is 16.8 Å². The average molecular weight is 329 g/mol. The number of ether oxygens (including phenoxy) is 1. The molecule has 2 heterocycles. The van der Waals surface area contributed by atoms with Crippen LogP contribution in [0.2, 0.25) is 0 Å². The van der Waals surface area contributed by atoms with E-state index in [1.165, 1.54) is 21.6 Å². The van der Waals surface area contributed by atoms with Gasteiger partial charge < -0.3 is 15.8 Å². The standard InChI is InChI=1S/C18H23N3OS/c1-12-4-5-14(10-13(12)2)21-17(19)20-11-18(3)15-7-9-23-16(15)6-8-22-18/h4-5,7,9-10H,6,8,11H2,1-3H3,(H3,19,20,21). The second kappa shape index (κ2) is 6.34. The van der Waals surface area contributed by atoms with Gasteiger partial charge in [-0.05, 0) is 61.0 Å². The number of benzene rings is 1. The zero-order chi connectivity index (χ0) is 16.4. The fraction of sp³-hybridized carbons (Fsp3) is 0.389. The smallest absolute Gasteiger partial charge is 0.193 e. The SMILES string of the molecule is Cc1ccc(NC(N)=NCC2(C)OCCc3sccc32)cc1C. The third-order valence-corrected chi connectivity index (χ3v) is 5.38. The normalized spacial score (nSPS) is 21.1. The quantitative estimate of drug-likeness (QED) is 0.668. The number of hydrogen-bond acceptors (Lipinski definition) is 3. The number of fused-ring (bicyclic) bond motifs is 1. The Hall–Kier alpha value is -1.85. The minimum absolute atomic E-state index is 0.386. The van der Waals surface area contributed by atoms with Gasteiger partial charge >= 0.3 is 0 Å². The van der Waals surface area contributed by atoms with Gasteiger partial charge in [-0.1, -0.05) is 6.07 Å². The van der Waals surface area contributed by atoms with E-state index in [0.29, 0.717) is 12.5 Å². The van der Waals surface area contributed by atoms with Gasteiger partial charge in [0.2, 0.25) is 0 Å². The minimum atomic E-state index is -0.386. The molecule has 1 aliphatic rings. The third-order valence-electron chi connectivity index (χ3n) is 4.40. The Morgan fingerprint density at radius 1 is 1.35 bits per heavy atom. The molecule has 1 aliphatic heterocycles. The highest BCUT2D eigenvalue weighted by atomic mass is 32.1. The number of guanidine groups is 1. The number of hydrogen-bond donors (Lipinski definition) is 2. The molecule has 1 atom stereocenters. The van der Waals surface area contributed by atoms with Gasteiger partial charge in [-0.25, -0.2) is 4.99 Å². The first kappa shape index (κ1) is 16.0. The van der Waals surface area contributed by atoms with Crippen LogP contribution in [0.15, 0.2) is 34.6 Å². The van der Waals surface area contributed by atoms with E-state index in [9.17, 15) is 0 Å². The van der Waals surface area contributed by atoms with Crippen LogP contribution < -0.4 is 11.1 Å². The topological polar surface area (TPSA) is 59.6 Å². The lowest BCUT2D eigenvalue weighted by molar-refractivity contribution is -0.0374. The molecule has 122 valence electrons. The number of nitrogens with one attached hydrogen (secondary N) is 1. The van der Waals surface area contributed by atoms with Crippen molar-refractivity contribution in [3.63, 3.8) is 0 Å². The van der Waals surface area contributed by atoms with E-state index >= 15 is 0 Å². The second-order valence-corrected chi connectivity index (χ2v) is 7.21. The lowest BCUT2D eigenvalue weighted by Gasteiger charge is -2.33. The first-order valence-corrected chi connectivity index (χ1v) is 8.71. The predicted molar refractivity (Wildman–Crippen MR) is 97.4 cm³/mol. The number of aliphatic imine (C=N–C) groups is 1. The Balaban J connectivity index is 1.71. The fourth-order valence-electron chi connectivity index (χ4n) is 2.83. The molecular weight excluding hydrogens is 306 g/mol. The first-order valence-electron chi connectivity index (χ1n) is 7.83. The Morgan fingerprint density at radius 3 is 2.96 bits per heavy atom. The van der Waals surface area contributed by atoms with Crippen LogP contribution in [0.3, 0.4) is 0 Å². The molecule has 0 saturated carbocycles. The zero-order valence-electron chi connectivity index (χ0n) is 13.8. The second-order valence-electron chi connectivity index (χ2n) is 6.21. The monoisotopic (exact) mass is 329 g/mol. The number of anilines is 1. The van der Waals surface area contributed by atoms with E-state index in [4.69, 9.17) is 10.5 Å². The Labute approximate surface area is 141 Å². The Morgan fingerprint density at radius 2 is 2.17 bits per heavy atom. The lowest BCUT2D eigenvalue weighted by Crippen LogP contribution is -2.36. The number of nitrogens with zero attached hydrogens (tertiary/aromatic N) is 1. The Bertz CT molecular complexity index is 738. The van der Waals surface area contributed by atoms with Crippen molar-refractivity contribution in [3.8, 4) is 0 Å². The summed E-state index contributed by atoms with van der Waals surface area (Å²) in [5.74, 6) is 0.417. The molecule has 5 heteroatoms. The molecule has 0 spiro atoms. The molecule has 0 saturated heterocycles. The van der Waals surface area contributed by atoms with Gasteiger partial charge in [0.05, 0.1) is 13.2 Å². The van der Waals surface area contributed by atoms with Crippen molar-refractivity contribution in [2.45, 2.75) is 32.8 Å². The molecule has 0 radical (unpaired) electrons. The summed E-state index contributed by atoms with van der Waals surface area (Å²) in [5, 5.41) is 5.28. The molecule has 0 amide bonds. The molecule has 3 rings (SSSR count). The average Bonchev–Trinajstić information content (AvgIpc) is 3.00. The van der Waals surface area contributed by atoms with Crippen LogP contribution >= 0.6 is 11.3 Å². The van der Waals surface area contributed by atoms with E-state index in [0.717, 1.165) is 18.7 Å². The van der Waals surface area contributed by atoms with E-state index in [-0.39, 0.29) is 5.60 Å². The van der Waals surface area contributed by atoms with Crippen LogP contribution in [0.4, 0.5) is 5.69 Å². The summed E-state index contributed by atoms with van der Waals surface area (Å²) in [6.45, 7) is 7.52. The molecule has 1 aromatic carbocycles. The molecule has 1 unspecified atom stereocenters. The van der Waals surface area contributed by atoms with Crippen LogP contribution in [0.5, 0.6) is 0 Å². The third kappa shape index (κ3) is 3.41. The van der Waals surface area contributed by atoms with Crippen LogP contribution in [0.1, 0.15) is 28.5 Å². The molecule has 0 bridgehead atoms. The maximum absolute atomic E-state index is 6.05. The van der Waals surface area contributed by atoms with Gasteiger partial charge in [0, 0.05) is 17.0 Å². The summed E-state index contributed by atoms with van der Waals surface area (Å²) in [7, 11) is 0. The summed E-state index contributed by atoms with van der Waals surface area (Å²) >= 11 is 1.79. The molecule has 0 fully saturated rings. The minimum Gasteiger partial charge on any atom is -0.370 e. The summed E-state index contributed by atoms with van der Waals surface area (Å²) in [5.41, 5.74) is 10.4. The molecule has 2 aromatic rings. The first-order chi connectivity index (χ1) is 11.0. The molecule has 23 heavy (non-hydrogen) atoms. The van der Waals surface area contributed by atoms with Crippen LogP contribution in [-0.4, -0.2) is 19.1 Å². The summed E-state index contributed by atoms with van der Waals surface area (Å²) < 4.78 is 6.00. The van der Waals surface area contributed by atoms with Gasteiger partial charge in [0.15, 0.2) is 5.96 Å². The highest BCUT2D eigenvalue weighted by Crippen LogP contribution is 2.36. The number of aryl methyl sites for hydroxylation is 2. The van der Waals surface area contributed by atoms with Crippen molar-refractivity contribution in [2.75, 3.05) is 18.5 Å². The molecular formula is C18H23N3OS. The van der Waals surface area contributed by atoms with E-state index < -0.39 is 0 Å². The van der Waals surface area contributed by atoms with Crippen LogP contribution in [0.25, 0.3) is 0 Å². The number of thiophene rings is 1. The fourth-order valence-corrected chi connectivity index (χ4v) is 3.81.